The molecule has 2 fully saturated rings. The monoisotopic (exact) mass is 249 g/mol. The highest BCUT2D eigenvalue weighted by Crippen LogP contribution is 2.21. The van der Waals surface area contributed by atoms with E-state index in [1.165, 1.54) is 11.4 Å². The van der Waals surface area contributed by atoms with E-state index in [0.29, 0.717) is 13.0 Å². The van der Waals surface area contributed by atoms with Crippen LogP contribution in [0.1, 0.15) is 19.3 Å². The molecule has 0 bridgehead atoms. The Labute approximate surface area is 96.2 Å². The molecule has 6 nitrogen and oxygen atoms in total. The third kappa shape index (κ3) is 2.92. The first-order chi connectivity index (χ1) is 7.41. The van der Waals surface area contributed by atoms with Crippen molar-refractivity contribution in [3.05, 3.63) is 0 Å². The molecule has 1 heterocycles. The summed E-state index contributed by atoms with van der Waals surface area (Å²) < 4.78 is 27.4. The summed E-state index contributed by atoms with van der Waals surface area (Å²) >= 11 is 0. The van der Waals surface area contributed by atoms with Crippen molar-refractivity contribution in [1.29, 1.82) is 0 Å². The highest BCUT2D eigenvalue weighted by Gasteiger charge is 2.37. The summed E-state index contributed by atoms with van der Waals surface area (Å²) in [7, 11) is -1.93. The Balaban J connectivity index is 1.92. The van der Waals surface area contributed by atoms with E-state index >= 15 is 0 Å². The van der Waals surface area contributed by atoms with Gasteiger partial charge in [-0.25, -0.2) is 0 Å². The summed E-state index contributed by atoms with van der Waals surface area (Å²) in [6.45, 7) is 1.33. The molecule has 1 saturated heterocycles. The van der Waals surface area contributed by atoms with Crippen LogP contribution in [0.5, 0.6) is 0 Å². The van der Waals surface area contributed by atoms with E-state index in [4.69, 9.17) is 0 Å². The fraction of sp³-hybridized carbons (Fsp3) is 1.00. The van der Waals surface area contributed by atoms with Crippen molar-refractivity contribution in [3.63, 3.8) is 0 Å². The summed E-state index contributed by atoms with van der Waals surface area (Å²) in [5, 5.41) is 13.1. The summed E-state index contributed by atoms with van der Waals surface area (Å²) in [6, 6.07) is 0.101. The van der Waals surface area contributed by atoms with Crippen molar-refractivity contribution < 1.29 is 13.5 Å². The van der Waals surface area contributed by atoms with Gasteiger partial charge in [0.2, 0.25) is 0 Å². The molecule has 16 heavy (non-hydrogen) atoms. The molecule has 0 amide bonds. The topological polar surface area (TPSA) is 81.7 Å². The molecule has 1 aliphatic carbocycles. The molecule has 0 radical (unpaired) electrons. The van der Waals surface area contributed by atoms with Gasteiger partial charge in [-0.1, -0.05) is 0 Å². The minimum absolute atomic E-state index is 0.101. The van der Waals surface area contributed by atoms with Crippen LogP contribution >= 0.6 is 0 Å². The second kappa shape index (κ2) is 4.23. The highest BCUT2D eigenvalue weighted by molar-refractivity contribution is 7.87. The lowest BCUT2D eigenvalue weighted by molar-refractivity contribution is 0.0460. The maximum atomic E-state index is 11.8. The normalized spacial score (nSPS) is 31.2. The largest absolute Gasteiger partial charge is 0.387 e. The molecule has 1 saturated carbocycles. The Kier molecular flexibility index (Phi) is 3.24. The van der Waals surface area contributed by atoms with E-state index in [-0.39, 0.29) is 12.6 Å². The molecule has 1 unspecified atom stereocenters. The lowest BCUT2D eigenvalue weighted by Gasteiger charge is -2.27. The quantitative estimate of drug-likeness (QED) is 0.562. The van der Waals surface area contributed by atoms with E-state index < -0.39 is 15.8 Å². The number of hydrogen-bond donors (Lipinski definition) is 3. The molecular weight excluding hydrogens is 230 g/mol. The molecule has 0 aromatic rings. The van der Waals surface area contributed by atoms with Crippen molar-refractivity contribution in [2.24, 2.45) is 0 Å². The number of nitrogens with one attached hydrogen (secondary N) is 2. The predicted octanol–water partition coefficient (Wildman–Crippen LogP) is -1.36. The highest BCUT2D eigenvalue weighted by atomic mass is 32.2. The van der Waals surface area contributed by atoms with Gasteiger partial charge in [0.1, 0.15) is 0 Å². The van der Waals surface area contributed by atoms with E-state index in [1.54, 1.807) is 0 Å². The average Bonchev–Trinajstić information content (AvgIpc) is 2.87. The molecule has 1 atom stereocenters. The summed E-state index contributed by atoms with van der Waals surface area (Å²) in [6.07, 6.45) is 2.42. The predicted molar refractivity (Wildman–Crippen MR) is 60.1 cm³/mol. The van der Waals surface area contributed by atoms with Gasteiger partial charge in [0.15, 0.2) is 0 Å². The summed E-state index contributed by atoms with van der Waals surface area (Å²) in [5.74, 6) is 0. The third-order valence-electron chi connectivity index (χ3n) is 3.04. The molecule has 0 spiro atoms. The minimum atomic E-state index is -3.43. The fourth-order valence-electron chi connectivity index (χ4n) is 1.87. The molecule has 2 aliphatic rings. The van der Waals surface area contributed by atoms with Gasteiger partial charge < -0.3 is 10.4 Å². The first-order valence-electron chi connectivity index (χ1n) is 5.58. The van der Waals surface area contributed by atoms with Crippen molar-refractivity contribution in [2.45, 2.75) is 30.9 Å². The second-order valence-corrected chi connectivity index (χ2v) is 6.61. The number of nitrogens with zero attached hydrogens (tertiary/aromatic N) is 1. The molecule has 0 aromatic heterocycles. The van der Waals surface area contributed by atoms with E-state index in [1.807, 2.05) is 0 Å². The van der Waals surface area contributed by atoms with Gasteiger partial charge in [-0.15, -0.1) is 0 Å². The first kappa shape index (κ1) is 12.3. The molecule has 7 heteroatoms. The van der Waals surface area contributed by atoms with Crippen LogP contribution in [0.4, 0.5) is 0 Å². The zero-order valence-corrected chi connectivity index (χ0v) is 10.3. The first-order valence-corrected chi connectivity index (χ1v) is 7.02. The van der Waals surface area contributed by atoms with Crippen LogP contribution in [0, 0.1) is 0 Å². The Bertz CT molecular complexity index is 347. The number of aliphatic hydroxyl groups is 1. The van der Waals surface area contributed by atoms with Gasteiger partial charge in [0.25, 0.3) is 10.2 Å². The molecule has 3 N–H and O–H groups in total. The lowest BCUT2D eigenvalue weighted by atomic mass is 10.0. The molecule has 0 aromatic carbocycles. The Morgan fingerprint density at radius 1 is 1.56 bits per heavy atom. The van der Waals surface area contributed by atoms with Crippen LogP contribution in [0.15, 0.2) is 0 Å². The number of β-amino-alcohol motifs (C(OH)–C–C–N with tert-alkyl or cyclic N) is 1. The number of hydrogen-bond acceptors (Lipinski definition) is 4. The van der Waals surface area contributed by atoms with Crippen molar-refractivity contribution in [1.82, 2.24) is 14.3 Å². The molecular formula is C9H19N3O3S. The van der Waals surface area contributed by atoms with Gasteiger partial charge in [-0.2, -0.15) is 17.4 Å². The maximum absolute atomic E-state index is 11.8. The van der Waals surface area contributed by atoms with Crippen LogP contribution in [-0.4, -0.2) is 56.2 Å². The van der Waals surface area contributed by atoms with Crippen molar-refractivity contribution in [2.75, 3.05) is 26.7 Å². The Hall–Kier alpha value is -0.210. The van der Waals surface area contributed by atoms with Crippen LogP contribution in [0.25, 0.3) is 0 Å². The van der Waals surface area contributed by atoms with Crippen LogP contribution in [0.2, 0.25) is 0 Å². The second-order valence-electron chi connectivity index (χ2n) is 4.80. The number of likely N-dealkylation sites (N-methyl/N-ethyl adjacent to an activating group) is 1. The summed E-state index contributed by atoms with van der Waals surface area (Å²) in [4.78, 5) is 0. The smallest absolute Gasteiger partial charge is 0.279 e. The average molecular weight is 249 g/mol. The van der Waals surface area contributed by atoms with Gasteiger partial charge in [0.05, 0.1) is 5.60 Å². The van der Waals surface area contributed by atoms with Crippen molar-refractivity contribution in [3.8, 4) is 0 Å². The van der Waals surface area contributed by atoms with Gasteiger partial charge in [0, 0.05) is 26.2 Å². The maximum Gasteiger partial charge on any atom is 0.279 e. The standard InChI is InChI=1S/C9H19N3O3S/c1-12(7-9(13)4-5-10-6-9)16(14,15)11-8-2-3-8/h8,10-11,13H,2-7H2,1H3. The van der Waals surface area contributed by atoms with Gasteiger partial charge >= 0.3 is 0 Å². The zero-order valence-electron chi connectivity index (χ0n) is 9.44. The minimum Gasteiger partial charge on any atom is -0.387 e. The van der Waals surface area contributed by atoms with Crippen molar-refractivity contribution >= 4 is 10.2 Å². The van der Waals surface area contributed by atoms with Crippen LogP contribution < -0.4 is 10.0 Å². The zero-order chi connectivity index (χ0) is 11.8. The third-order valence-corrected chi connectivity index (χ3v) is 4.62. The Morgan fingerprint density at radius 3 is 2.75 bits per heavy atom. The van der Waals surface area contributed by atoms with Gasteiger partial charge in [-0.05, 0) is 25.8 Å². The molecule has 94 valence electrons. The lowest BCUT2D eigenvalue weighted by Crippen LogP contribution is -2.49. The number of rotatable bonds is 5. The van der Waals surface area contributed by atoms with E-state index in [9.17, 15) is 13.5 Å². The molecule has 1 aliphatic heterocycles. The fourth-order valence-corrected chi connectivity index (χ4v) is 3.11. The van der Waals surface area contributed by atoms with Crippen LogP contribution in [0.3, 0.4) is 0 Å². The Morgan fingerprint density at radius 2 is 2.25 bits per heavy atom. The van der Waals surface area contributed by atoms with Crippen LogP contribution in [-0.2, 0) is 10.2 Å². The SMILES string of the molecule is CN(CC1(O)CCNC1)S(=O)(=O)NC1CC1. The molecule has 2 rings (SSSR count). The van der Waals surface area contributed by atoms with E-state index in [0.717, 1.165) is 19.4 Å². The summed E-state index contributed by atoms with van der Waals surface area (Å²) in [5.41, 5.74) is -0.924. The van der Waals surface area contributed by atoms with Gasteiger partial charge in [-0.3, -0.25) is 0 Å². The van der Waals surface area contributed by atoms with E-state index in [2.05, 4.69) is 10.0 Å².